The van der Waals surface area contributed by atoms with Crippen molar-refractivity contribution in [1.29, 1.82) is 0 Å². The summed E-state index contributed by atoms with van der Waals surface area (Å²) in [7, 11) is 0. The third kappa shape index (κ3) is 3.57. The Morgan fingerprint density at radius 1 is 1.54 bits per heavy atom. The van der Waals surface area contributed by atoms with E-state index >= 15 is 0 Å². The third-order valence-corrected chi connectivity index (χ3v) is 2.01. The molecule has 0 atom stereocenters. The molecule has 74 valence electrons. The maximum Gasteiger partial charge on any atom is 0.0535 e. The molecule has 0 aliphatic heterocycles. The van der Waals surface area contributed by atoms with Gasteiger partial charge in [0, 0.05) is 24.4 Å². The molecule has 0 saturated heterocycles. The van der Waals surface area contributed by atoms with Gasteiger partial charge in [-0.1, -0.05) is 0 Å². The van der Waals surface area contributed by atoms with Crippen LogP contribution in [-0.2, 0) is 6.54 Å². The van der Waals surface area contributed by atoms with Gasteiger partial charge in [-0.3, -0.25) is 5.10 Å². The van der Waals surface area contributed by atoms with Crippen LogP contribution in [0, 0.1) is 6.92 Å². The van der Waals surface area contributed by atoms with Crippen molar-refractivity contribution in [2.75, 3.05) is 13.2 Å². The molecule has 0 unspecified atom stereocenters. The van der Waals surface area contributed by atoms with Crippen molar-refractivity contribution in [2.45, 2.75) is 26.3 Å². The zero-order valence-electron chi connectivity index (χ0n) is 8.01. The minimum absolute atomic E-state index is 0.284. The van der Waals surface area contributed by atoms with E-state index in [1.54, 1.807) is 0 Å². The largest absolute Gasteiger partial charge is 0.396 e. The lowest BCUT2D eigenvalue weighted by molar-refractivity contribution is 0.283. The SMILES string of the molecule is Cc1[nH]ncc1CNCCCCO. The molecule has 13 heavy (non-hydrogen) atoms. The minimum atomic E-state index is 0.284. The van der Waals surface area contributed by atoms with Crippen molar-refractivity contribution in [3.8, 4) is 0 Å². The maximum absolute atomic E-state index is 8.55. The maximum atomic E-state index is 8.55. The monoisotopic (exact) mass is 183 g/mol. The minimum Gasteiger partial charge on any atom is -0.396 e. The predicted octanol–water partition coefficient (Wildman–Crippen LogP) is 0.580. The van der Waals surface area contributed by atoms with E-state index in [0.717, 1.165) is 31.6 Å². The first kappa shape index (κ1) is 10.2. The van der Waals surface area contributed by atoms with Gasteiger partial charge in [-0.25, -0.2) is 0 Å². The second-order valence-electron chi connectivity index (χ2n) is 3.13. The second kappa shape index (κ2) is 5.72. The smallest absolute Gasteiger partial charge is 0.0535 e. The second-order valence-corrected chi connectivity index (χ2v) is 3.13. The van der Waals surface area contributed by atoms with E-state index in [1.165, 1.54) is 5.56 Å². The lowest BCUT2D eigenvalue weighted by Crippen LogP contribution is -2.15. The summed E-state index contributed by atoms with van der Waals surface area (Å²) in [5.41, 5.74) is 2.33. The fourth-order valence-corrected chi connectivity index (χ4v) is 1.14. The van der Waals surface area contributed by atoms with Gasteiger partial charge in [0.05, 0.1) is 6.20 Å². The fourth-order valence-electron chi connectivity index (χ4n) is 1.14. The van der Waals surface area contributed by atoms with Crippen molar-refractivity contribution >= 4 is 0 Å². The molecule has 1 heterocycles. The summed E-state index contributed by atoms with van der Waals surface area (Å²) in [6, 6.07) is 0. The molecule has 0 aliphatic rings. The molecule has 1 rings (SSSR count). The molecule has 0 aromatic carbocycles. The Kier molecular flexibility index (Phi) is 4.49. The van der Waals surface area contributed by atoms with Crippen LogP contribution in [0.4, 0.5) is 0 Å². The molecular weight excluding hydrogens is 166 g/mol. The Hall–Kier alpha value is -0.870. The number of aromatic nitrogens is 2. The molecule has 1 aromatic rings. The first-order valence-corrected chi connectivity index (χ1v) is 4.65. The molecule has 0 amide bonds. The number of nitrogens with one attached hydrogen (secondary N) is 2. The van der Waals surface area contributed by atoms with Crippen molar-refractivity contribution in [3.63, 3.8) is 0 Å². The predicted molar refractivity (Wildman–Crippen MR) is 51.4 cm³/mol. The van der Waals surface area contributed by atoms with Gasteiger partial charge in [0.1, 0.15) is 0 Å². The topological polar surface area (TPSA) is 60.9 Å². The van der Waals surface area contributed by atoms with Crippen LogP contribution in [0.25, 0.3) is 0 Å². The number of unbranched alkanes of at least 4 members (excludes halogenated alkanes) is 1. The quantitative estimate of drug-likeness (QED) is 0.565. The number of aliphatic hydroxyl groups is 1. The van der Waals surface area contributed by atoms with E-state index < -0.39 is 0 Å². The first-order chi connectivity index (χ1) is 6.34. The van der Waals surface area contributed by atoms with Crippen LogP contribution in [0.15, 0.2) is 6.20 Å². The number of aliphatic hydroxyl groups excluding tert-OH is 1. The molecule has 1 aromatic heterocycles. The van der Waals surface area contributed by atoms with Crippen molar-refractivity contribution < 1.29 is 5.11 Å². The molecule has 0 bridgehead atoms. The highest BCUT2D eigenvalue weighted by Crippen LogP contribution is 2.00. The highest BCUT2D eigenvalue weighted by atomic mass is 16.2. The van der Waals surface area contributed by atoms with Crippen LogP contribution in [0.1, 0.15) is 24.1 Å². The summed E-state index contributed by atoms with van der Waals surface area (Å²) < 4.78 is 0. The standard InChI is InChI=1S/C9H17N3O/c1-8-9(7-11-12-8)6-10-4-2-3-5-13/h7,10,13H,2-6H2,1H3,(H,11,12). The zero-order chi connectivity index (χ0) is 9.52. The zero-order valence-corrected chi connectivity index (χ0v) is 8.01. The van der Waals surface area contributed by atoms with Gasteiger partial charge in [0.25, 0.3) is 0 Å². The first-order valence-electron chi connectivity index (χ1n) is 4.65. The highest BCUT2D eigenvalue weighted by molar-refractivity contribution is 5.13. The Bertz CT molecular complexity index is 235. The summed E-state index contributed by atoms with van der Waals surface area (Å²) in [5.74, 6) is 0. The van der Waals surface area contributed by atoms with Crippen molar-refractivity contribution in [2.24, 2.45) is 0 Å². The average Bonchev–Trinajstić information content (AvgIpc) is 2.52. The normalized spacial score (nSPS) is 10.6. The molecule has 3 N–H and O–H groups in total. The van der Waals surface area contributed by atoms with Crippen LogP contribution in [0.3, 0.4) is 0 Å². The Morgan fingerprint density at radius 2 is 2.38 bits per heavy atom. The molecule has 4 nitrogen and oxygen atoms in total. The van der Waals surface area contributed by atoms with Crippen LogP contribution < -0.4 is 5.32 Å². The lowest BCUT2D eigenvalue weighted by Gasteiger charge is -2.02. The van der Waals surface area contributed by atoms with Crippen LogP contribution in [0.2, 0.25) is 0 Å². The van der Waals surface area contributed by atoms with E-state index in [-0.39, 0.29) is 6.61 Å². The number of hydrogen-bond acceptors (Lipinski definition) is 3. The van der Waals surface area contributed by atoms with Gasteiger partial charge in [0.2, 0.25) is 0 Å². The van der Waals surface area contributed by atoms with E-state index in [0.29, 0.717) is 0 Å². The number of rotatable bonds is 6. The highest BCUT2D eigenvalue weighted by Gasteiger charge is 1.98. The fraction of sp³-hybridized carbons (Fsp3) is 0.667. The van der Waals surface area contributed by atoms with E-state index in [1.807, 2.05) is 13.1 Å². The Labute approximate surface area is 78.4 Å². The average molecular weight is 183 g/mol. The van der Waals surface area contributed by atoms with E-state index in [9.17, 15) is 0 Å². The van der Waals surface area contributed by atoms with Gasteiger partial charge in [-0.05, 0) is 26.3 Å². The number of H-pyrrole nitrogens is 1. The van der Waals surface area contributed by atoms with Gasteiger partial charge in [-0.2, -0.15) is 5.10 Å². The molecule has 0 spiro atoms. The number of aromatic amines is 1. The van der Waals surface area contributed by atoms with Gasteiger partial charge in [-0.15, -0.1) is 0 Å². The molecular formula is C9H17N3O. The molecule has 4 heteroatoms. The summed E-state index contributed by atoms with van der Waals surface area (Å²) in [4.78, 5) is 0. The molecule has 0 aliphatic carbocycles. The molecule has 0 saturated carbocycles. The van der Waals surface area contributed by atoms with Crippen LogP contribution >= 0.6 is 0 Å². The Balaban J connectivity index is 2.10. The summed E-state index contributed by atoms with van der Waals surface area (Å²) in [6.07, 6.45) is 3.74. The van der Waals surface area contributed by atoms with Gasteiger partial charge >= 0.3 is 0 Å². The van der Waals surface area contributed by atoms with E-state index in [4.69, 9.17) is 5.11 Å². The third-order valence-electron chi connectivity index (χ3n) is 2.01. The Morgan fingerprint density at radius 3 is 3.00 bits per heavy atom. The number of hydrogen-bond donors (Lipinski definition) is 3. The number of nitrogens with zero attached hydrogens (tertiary/aromatic N) is 1. The van der Waals surface area contributed by atoms with Crippen molar-refractivity contribution in [3.05, 3.63) is 17.5 Å². The van der Waals surface area contributed by atoms with Crippen LogP contribution in [-0.4, -0.2) is 28.5 Å². The van der Waals surface area contributed by atoms with Gasteiger partial charge in [0.15, 0.2) is 0 Å². The van der Waals surface area contributed by atoms with Crippen molar-refractivity contribution in [1.82, 2.24) is 15.5 Å². The molecule has 0 radical (unpaired) electrons. The summed E-state index contributed by atoms with van der Waals surface area (Å²) in [5, 5.41) is 18.7. The summed E-state index contributed by atoms with van der Waals surface area (Å²) >= 11 is 0. The van der Waals surface area contributed by atoms with Gasteiger partial charge < -0.3 is 10.4 Å². The summed E-state index contributed by atoms with van der Waals surface area (Å²) in [6.45, 7) is 4.10. The number of aryl methyl sites for hydroxylation is 1. The lowest BCUT2D eigenvalue weighted by atomic mass is 10.2. The molecule has 0 fully saturated rings. The van der Waals surface area contributed by atoms with E-state index in [2.05, 4.69) is 15.5 Å². The van der Waals surface area contributed by atoms with Crippen LogP contribution in [0.5, 0.6) is 0 Å².